The third-order valence-corrected chi connectivity index (χ3v) is 2.93. The van der Waals surface area contributed by atoms with Gasteiger partial charge in [-0.25, -0.2) is 4.39 Å². The quantitative estimate of drug-likeness (QED) is 0.918. The predicted molar refractivity (Wildman–Crippen MR) is 70.1 cm³/mol. The Hall–Kier alpha value is -1.58. The molecule has 0 aliphatic heterocycles. The molecule has 4 heteroatoms. The average molecular weight is 266 g/mol. The zero-order chi connectivity index (χ0) is 13.0. The molecule has 2 aromatic rings. The van der Waals surface area contributed by atoms with E-state index in [0.29, 0.717) is 18.9 Å². The molecule has 2 nitrogen and oxygen atoms in total. The highest BCUT2D eigenvalue weighted by Crippen LogP contribution is 2.21. The molecule has 0 fully saturated rings. The lowest BCUT2D eigenvalue weighted by Gasteiger charge is -2.10. The van der Waals surface area contributed by atoms with Crippen LogP contribution in [0.5, 0.6) is 5.75 Å². The van der Waals surface area contributed by atoms with Crippen LogP contribution < -0.4 is 10.5 Å². The summed E-state index contributed by atoms with van der Waals surface area (Å²) in [4.78, 5) is 0. The molecule has 2 rings (SSSR count). The third kappa shape index (κ3) is 3.00. The summed E-state index contributed by atoms with van der Waals surface area (Å²) in [5.74, 6) is -0.0370. The van der Waals surface area contributed by atoms with Gasteiger partial charge in [0.15, 0.2) is 0 Å². The van der Waals surface area contributed by atoms with Gasteiger partial charge in [0.1, 0.15) is 18.2 Å². The summed E-state index contributed by atoms with van der Waals surface area (Å²) in [6.45, 7) is 0.808. The Kier molecular flexibility index (Phi) is 4.18. The van der Waals surface area contributed by atoms with Gasteiger partial charge in [-0.1, -0.05) is 35.9 Å². The Balaban J connectivity index is 2.09. The molecule has 94 valence electrons. The zero-order valence-electron chi connectivity index (χ0n) is 9.70. The van der Waals surface area contributed by atoms with Crippen molar-refractivity contribution in [3.8, 4) is 5.75 Å². The van der Waals surface area contributed by atoms with Crippen LogP contribution in [0, 0.1) is 5.82 Å². The molecule has 2 N–H and O–H groups in total. The number of benzene rings is 2. The lowest BCUT2D eigenvalue weighted by atomic mass is 10.1. The molecular weight excluding hydrogens is 253 g/mol. The van der Waals surface area contributed by atoms with E-state index < -0.39 is 5.82 Å². The fourth-order valence-corrected chi connectivity index (χ4v) is 1.74. The number of rotatable bonds is 4. The molecule has 18 heavy (non-hydrogen) atoms. The molecular formula is C14H13ClFNO. The first kappa shape index (κ1) is 12.9. The molecule has 2 aromatic carbocycles. The second-order valence-electron chi connectivity index (χ2n) is 3.84. The van der Waals surface area contributed by atoms with Gasteiger partial charge in [-0.15, -0.1) is 0 Å². The van der Waals surface area contributed by atoms with Crippen molar-refractivity contribution in [2.45, 2.75) is 13.2 Å². The van der Waals surface area contributed by atoms with Crippen LogP contribution in [-0.4, -0.2) is 0 Å². The number of hydrogen-bond acceptors (Lipinski definition) is 2. The molecule has 0 saturated heterocycles. The minimum atomic E-state index is -0.485. The zero-order valence-corrected chi connectivity index (χ0v) is 10.5. The molecule has 0 unspecified atom stereocenters. The molecule has 0 heterocycles. The van der Waals surface area contributed by atoms with Crippen molar-refractivity contribution < 1.29 is 9.13 Å². The summed E-state index contributed by atoms with van der Waals surface area (Å²) in [7, 11) is 0. The van der Waals surface area contributed by atoms with Crippen LogP contribution in [0.4, 0.5) is 4.39 Å². The largest absolute Gasteiger partial charge is 0.489 e. The van der Waals surface area contributed by atoms with E-state index in [-0.39, 0.29) is 5.02 Å². The van der Waals surface area contributed by atoms with Gasteiger partial charge in [0.25, 0.3) is 0 Å². The van der Waals surface area contributed by atoms with Gasteiger partial charge >= 0.3 is 0 Å². The Morgan fingerprint density at radius 1 is 1.11 bits per heavy atom. The second-order valence-corrected chi connectivity index (χ2v) is 4.24. The van der Waals surface area contributed by atoms with Crippen molar-refractivity contribution >= 4 is 11.6 Å². The van der Waals surface area contributed by atoms with Crippen LogP contribution in [0.3, 0.4) is 0 Å². The first-order valence-electron chi connectivity index (χ1n) is 5.55. The molecule has 0 saturated carbocycles. The maximum absolute atomic E-state index is 13.2. The van der Waals surface area contributed by atoms with Crippen molar-refractivity contribution in [1.82, 2.24) is 0 Å². The summed E-state index contributed by atoms with van der Waals surface area (Å²) in [6, 6.07) is 12.1. The standard InChI is InChI=1S/C14H13ClFNO/c15-13-6-5-12(7-14(13)16)18-9-11-4-2-1-3-10(11)8-17/h1-7H,8-9,17H2. The number of ether oxygens (including phenoxy) is 1. The SMILES string of the molecule is NCc1ccccc1COc1ccc(Cl)c(F)c1. The maximum Gasteiger partial charge on any atom is 0.145 e. The molecule has 0 atom stereocenters. The molecule has 0 amide bonds. The lowest BCUT2D eigenvalue weighted by molar-refractivity contribution is 0.303. The van der Waals surface area contributed by atoms with Gasteiger partial charge in [0, 0.05) is 12.6 Å². The van der Waals surface area contributed by atoms with Crippen LogP contribution in [0.2, 0.25) is 5.02 Å². The molecule has 0 aliphatic rings. The van der Waals surface area contributed by atoms with Crippen molar-refractivity contribution in [3.05, 3.63) is 64.4 Å². The molecule has 0 spiro atoms. The Labute approximate surface area is 110 Å². The van der Waals surface area contributed by atoms with Crippen molar-refractivity contribution in [1.29, 1.82) is 0 Å². The van der Waals surface area contributed by atoms with E-state index in [2.05, 4.69) is 0 Å². The van der Waals surface area contributed by atoms with Gasteiger partial charge in [-0.2, -0.15) is 0 Å². The van der Waals surface area contributed by atoms with Gasteiger partial charge < -0.3 is 10.5 Å². The highest BCUT2D eigenvalue weighted by molar-refractivity contribution is 6.30. The normalized spacial score (nSPS) is 10.4. The summed E-state index contributed by atoms with van der Waals surface area (Å²) < 4.78 is 18.7. The van der Waals surface area contributed by atoms with Gasteiger partial charge in [0.2, 0.25) is 0 Å². The van der Waals surface area contributed by atoms with E-state index in [1.807, 2.05) is 24.3 Å². The van der Waals surface area contributed by atoms with Crippen molar-refractivity contribution in [3.63, 3.8) is 0 Å². The van der Waals surface area contributed by atoms with E-state index in [1.54, 1.807) is 6.07 Å². The van der Waals surface area contributed by atoms with Crippen molar-refractivity contribution in [2.75, 3.05) is 0 Å². The summed E-state index contributed by atoms with van der Waals surface area (Å²) in [5.41, 5.74) is 7.65. The minimum absolute atomic E-state index is 0.0877. The topological polar surface area (TPSA) is 35.2 Å². The summed E-state index contributed by atoms with van der Waals surface area (Å²) >= 11 is 5.60. The highest BCUT2D eigenvalue weighted by Gasteiger charge is 2.04. The number of hydrogen-bond donors (Lipinski definition) is 1. The van der Waals surface area contributed by atoms with E-state index >= 15 is 0 Å². The smallest absolute Gasteiger partial charge is 0.145 e. The van der Waals surface area contributed by atoms with E-state index in [1.165, 1.54) is 12.1 Å². The van der Waals surface area contributed by atoms with Crippen molar-refractivity contribution in [2.24, 2.45) is 5.73 Å². The Morgan fingerprint density at radius 3 is 2.50 bits per heavy atom. The number of nitrogens with two attached hydrogens (primary N) is 1. The molecule has 0 aromatic heterocycles. The van der Waals surface area contributed by atoms with E-state index in [9.17, 15) is 4.39 Å². The maximum atomic E-state index is 13.2. The highest BCUT2D eigenvalue weighted by atomic mass is 35.5. The first-order valence-corrected chi connectivity index (χ1v) is 5.93. The molecule has 0 bridgehead atoms. The first-order chi connectivity index (χ1) is 8.70. The van der Waals surface area contributed by atoms with Gasteiger partial charge in [-0.05, 0) is 23.3 Å². The molecule has 0 aliphatic carbocycles. The third-order valence-electron chi connectivity index (χ3n) is 2.62. The molecule has 0 radical (unpaired) electrons. The van der Waals surface area contributed by atoms with Crippen LogP contribution in [0.1, 0.15) is 11.1 Å². The van der Waals surface area contributed by atoms with Gasteiger partial charge in [0.05, 0.1) is 5.02 Å². The van der Waals surface area contributed by atoms with Crippen LogP contribution in [-0.2, 0) is 13.2 Å². The van der Waals surface area contributed by atoms with Crippen LogP contribution in [0.25, 0.3) is 0 Å². The fraction of sp³-hybridized carbons (Fsp3) is 0.143. The second kappa shape index (κ2) is 5.85. The summed E-state index contributed by atoms with van der Waals surface area (Å²) in [5, 5.41) is 0.0877. The Bertz CT molecular complexity index is 545. The van der Waals surface area contributed by atoms with E-state index in [4.69, 9.17) is 22.1 Å². The van der Waals surface area contributed by atoms with E-state index in [0.717, 1.165) is 11.1 Å². The van der Waals surface area contributed by atoms with Gasteiger partial charge in [-0.3, -0.25) is 0 Å². The monoisotopic (exact) mass is 265 g/mol. The van der Waals surface area contributed by atoms with Crippen LogP contribution >= 0.6 is 11.6 Å². The average Bonchev–Trinajstić information content (AvgIpc) is 2.40. The summed E-state index contributed by atoms with van der Waals surface area (Å²) in [6.07, 6.45) is 0. The van der Waals surface area contributed by atoms with Crippen LogP contribution in [0.15, 0.2) is 42.5 Å². The fourth-order valence-electron chi connectivity index (χ4n) is 1.63. The Morgan fingerprint density at radius 2 is 1.83 bits per heavy atom. The lowest BCUT2D eigenvalue weighted by Crippen LogP contribution is -2.04. The minimum Gasteiger partial charge on any atom is -0.489 e. The number of halogens is 2. The predicted octanol–water partition coefficient (Wildman–Crippen LogP) is 3.52.